The Morgan fingerprint density at radius 1 is 1.06 bits per heavy atom. The Kier molecular flexibility index (Phi) is 5.20. The number of para-hydroxylation sites is 1. The van der Waals surface area contributed by atoms with Crippen molar-refractivity contribution in [2.45, 2.75) is 38.2 Å². The first-order valence-corrected chi connectivity index (χ1v) is 7.98. The van der Waals surface area contributed by atoms with Gasteiger partial charge in [-0.3, -0.25) is 0 Å². The van der Waals surface area contributed by atoms with Gasteiger partial charge < -0.3 is 5.32 Å². The zero-order valence-corrected chi connectivity index (χ0v) is 12.4. The van der Waals surface area contributed by atoms with E-state index in [-0.39, 0.29) is 16.4 Å². The van der Waals surface area contributed by atoms with Gasteiger partial charge in [-0.25, -0.2) is 8.42 Å². The molecule has 1 rings (SSSR count). The van der Waals surface area contributed by atoms with Crippen LogP contribution in [0, 0.1) is 5.92 Å². The van der Waals surface area contributed by atoms with Crippen LogP contribution in [0.4, 0.5) is 5.69 Å². The SMILES string of the molecule is CC(C)C(C)S(=O)(=O)C(C)CNc1ccccc1. The van der Waals surface area contributed by atoms with E-state index in [2.05, 4.69) is 5.32 Å². The molecule has 102 valence electrons. The van der Waals surface area contributed by atoms with Gasteiger partial charge in [0, 0.05) is 12.2 Å². The lowest BCUT2D eigenvalue weighted by atomic mass is 10.2. The van der Waals surface area contributed by atoms with E-state index in [4.69, 9.17) is 0 Å². The fraction of sp³-hybridized carbons (Fsp3) is 0.571. The number of nitrogens with one attached hydrogen (secondary N) is 1. The van der Waals surface area contributed by atoms with Gasteiger partial charge in [-0.05, 0) is 31.9 Å². The summed E-state index contributed by atoms with van der Waals surface area (Å²) in [5, 5.41) is 2.48. The third-order valence-electron chi connectivity index (χ3n) is 3.39. The molecule has 0 aliphatic carbocycles. The van der Waals surface area contributed by atoms with Crippen molar-refractivity contribution in [2.75, 3.05) is 11.9 Å². The predicted octanol–water partition coefficient (Wildman–Crippen LogP) is 2.95. The quantitative estimate of drug-likeness (QED) is 0.863. The Morgan fingerprint density at radius 2 is 1.61 bits per heavy atom. The minimum Gasteiger partial charge on any atom is -0.384 e. The van der Waals surface area contributed by atoms with Gasteiger partial charge in [-0.15, -0.1) is 0 Å². The van der Waals surface area contributed by atoms with Crippen LogP contribution in [-0.4, -0.2) is 25.5 Å². The lowest BCUT2D eigenvalue weighted by Crippen LogP contribution is -2.35. The molecule has 4 heteroatoms. The zero-order chi connectivity index (χ0) is 13.8. The van der Waals surface area contributed by atoms with E-state index in [9.17, 15) is 8.42 Å². The second-order valence-corrected chi connectivity index (χ2v) is 7.82. The first-order chi connectivity index (χ1) is 8.35. The Labute approximate surface area is 111 Å². The number of hydrogen-bond donors (Lipinski definition) is 1. The van der Waals surface area contributed by atoms with Gasteiger partial charge in [0.25, 0.3) is 0 Å². The maximum Gasteiger partial charge on any atom is 0.157 e. The van der Waals surface area contributed by atoms with Crippen molar-refractivity contribution in [1.82, 2.24) is 0 Å². The van der Waals surface area contributed by atoms with Gasteiger partial charge in [0.2, 0.25) is 0 Å². The highest BCUT2D eigenvalue weighted by atomic mass is 32.2. The van der Waals surface area contributed by atoms with Crippen LogP contribution in [0.3, 0.4) is 0 Å². The normalized spacial score (nSPS) is 15.4. The Bertz CT molecular complexity index is 454. The molecule has 0 spiro atoms. The third-order valence-corrected chi connectivity index (χ3v) is 6.25. The molecule has 18 heavy (non-hydrogen) atoms. The minimum absolute atomic E-state index is 0.147. The molecule has 2 atom stereocenters. The number of hydrogen-bond acceptors (Lipinski definition) is 3. The average molecular weight is 269 g/mol. The summed E-state index contributed by atoms with van der Waals surface area (Å²) < 4.78 is 24.5. The molecule has 2 unspecified atom stereocenters. The molecule has 1 N–H and O–H groups in total. The molecular formula is C14H23NO2S. The highest BCUT2D eigenvalue weighted by Crippen LogP contribution is 2.17. The Morgan fingerprint density at radius 3 is 2.11 bits per heavy atom. The van der Waals surface area contributed by atoms with Crippen LogP contribution in [0.25, 0.3) is 0 Å². The topological polar surface area (TPSA) is 46.2 Å². The molecule has 0 radical (unpaired) electrons. The molecule has 1 aromatic rings. The maximum absolute atomic E-state index is 12.3. The van der Waals surface area contributed by atoms with Gasteiger partial charge >= 0.3 is 0 Å². The Balaban J connectivity index is 2.63. The van der Waals surface area contributed by atoms with Crippen molar-refractivity contribution >= 4 is 15.5 Å². The number of rotatable bonds is 6. The van der Waals surface area contributed by atoms with Crippen molar-refractivity contribution in [2.24, 2.45) is 5.92 Å². The molecule has 0 fully saturated rings. The highest BCUT2D eigenvalue weighted by Gasteiger charge is 2.29. The van der Waals surface area contributed by atoms with Gasteiger partial charge in [0.15, 0.2) is 9.84 Å². The zero-order valence-electron chi connectivity index (χ0n) is 11.6. The first-order valence-electron chi connectivity index (χ1n) is 6.37. The van der Waals surface area contributed by atoms with Gasteiger partial charge in [-0.1, -0.05) is 32.0 Å². The minimum atomic E-state index is -3.07. The summed E-state index contributed by atoms with van der Waals surface area (Å²) in [6, 6.07) is 9.67. The smallest absolute Gasteiger partial charge is 0.157 e. The van der Waals surface area contributed by atoms with Crippen LogP contribution in [-0.2, 0) is 9.84 Å². The molecular weight excluding hydrogens is 246 g/mol. The van der Waals surface area contributed by atoms with Crippen LogP contribution in [0.15, 0.2) is 30.3 Å². The van der Waals surface area contributed by atoms with Crippen molar-refractivity contribution in [3.8, 4) is 0 Å². The van der Waals surface area contributed by atoms with E-state index < -0.39 is 9.84 Å². The summed E-state index contributed by atoms with van der Waals surface area (Å²) in [5.41, 5.74) is 0.955. The van der Waals surface area contributed by atoms with Crippen LogP contribution in [0.1, 0.15) is 27.7 Å². The van der Waals surface area contributed by atoms with E-state index in [1.807, 2.05) is 44.2 Å². The molecule has 0 bridgehead atoms. The fourth-order valence-corrected chi connectivity index (χ4v) is 3.49. The van der Waals surface area contributed by atoms with E-state index in [0.717, 1.165) is 5.69 Å². The van der Waals surface area contributed by atoms with Crippen molar-refractivity contribution < 1.29 is 8.42 Å². The highest BCUT2D eigenvalue weighted by molar-refractivity contribution is 7.92. The average Bonchev–Trinajstić information content (AvgIpc) is 2.35. The van der Waals surface area contributed by atoms with Gasteiger partial charge in [0.05, 0.1) is 10.5 Å². The summed E-state index contributed by atoms with van der Waals surface area (Å²) in [7, 11) is -3.07. The largest absolute Gasteiger partial charge is 0.384 e. The van der Waals surface area contributed by atoms with Crippen molar-refractivity contribution in [3.05, 3.63) is 30.3 Å². The van der Waals surface area contributed by atoms with Crippen LogP contribution < -0.4 is 5.32 Å². The van der Waals surface area contributed by atoms with Crippen LogP contribution >= 0.6 is 0 Å². The summed E-state index contributed by atoms with van der Waals surface area (Å²) in [6.45, 7) is 7.89. The molecule has 0 heterocycles. The van der Waals surface area contributed by atoms with E-state index >= 15 is 0 Å². The second-order valence-electron chi connectivity index (χ2n) is 5.10. The second kappa shape index (κ2) is 6.23. The summed E-state index contributed by atoms with van der Waals surface area (Å²) in [4.78, 5) is 0. The molecule has 3 nitrogen and oxygen atoms in total. The number of anilines is 1. The van der Waals surface area contributed by atoms with Crippen LogP contribution in [0.5, 0.6) is 0 Å². The van der Waals surface area contributed by atoms with E-state index in [1.165, 1.54) is 0 Å². The van der Waals surface area contributed by atoms with Crippen molar-refractivity contribution in [1.29, 1.82) is 0 Å². The molecule has 0 aromatic heterocycles. The van der Waals surface area contributed by atoms with Gasteiger partial charge in [-0.2, -0.15) is 0 Å². The predicted molar refractivity (Wildman–Crippen MR) is 77.6 cm³/mol. The number of benzene rings is 1. The van der Waals surface area contributed by atoms with E-state index in [0.29, 0.717) is 6.54 Å². The van der Waals surface area contributed by atoms with Crippen molar-refractivity contribution in [3.63, 3.8) is 0 Å². The van der Waals surface area contributed by atoms with Crippen LogP contribution in [0.2, 0.25) is 0 Å². The summed E-state index contributed by atoms with van der Waals surface area (Å²) in [6.07, 6.45) is 0. The monoisotopic (exact) mass is 269 g/mol. The lowest BCUT2D eigenvalue weighted by molar-refractivity contribution is 0.537. The molecule has 0 saturated heterocycles. The molecule has 0 aliphatic rings. The summed E-state index contributed by atoms with van der Waals surface area (Å²) >= 11 is 0. The molecule has 0 amide bonds. The fourth-order valence-electron chi connectivity index (χ4n) is 1.68. The molecule has 0 aliphatic heterocycles. The first kappa shape index (κ1) is 15.0. The standard InChI is InChI=1S/C14H23NO2S/c1-11(2)13(4)18(16,17)12(3)10-15-14-8-6-5-7-9-14/h5-9,11-13,15H,10H2,1-4H3. The lowest BCUT2D eigenvalue weighted by Gasteiger charge is -2.22. The molecule has 0 saturated carbocycles. The summed E-state index contributed by atoms with van der Waals surface area (Å²) in [5.74, 6) is 0.147. The maximum atomic E-state index is 12.3. The van der Waals surface area contributed by atoms with E-state index in [1.54, 1.807) is 13.8 Å². The third kappa shape index (κ3) is 3.73. The Hall–Kier alpha value is -1.03. The number of sulfone groups is 1. The van der Waals surface area contributed by atoms with Gasteiger partial charge in [0.1, 0.15) is 0 Å². The molecule has 1 aromatic carbocycles.